The Morgan fingerprint density at radius 2 is 2.38 bits per heavy atom. The molecule has 0 saturated heterocycles. The van der Waals surface area contributed by atoms with Gasteiger partial charge in [0.05, 0.1) is 6.20 Å². The fourth-order valence-electron chi connectivity index (χ4n) is 2.32. The van der Waals surface area contributed by atoms with Crippen molar-refractivity contribution in [2.45, 2.75) is 32.6 Å². The van der Waals surface area contributed by atoms with Crippen LogP contribution in [0.5, 0.6) is 0 Å². The first-order chi connectivity index (χ1) is 7.77. The molecule has 0 spiro atoms. The van der Waals surface area contributed by atoms with E-state index < -0.39 is 0 Å². The monoisotopic (exact) mass is 222 g/mol. The van der Waals surface area contributed by atoms with Crippen LogP contribution in [0.4, 0.5) is 0 Å². The third-order valence-corrected chi connectivity index (χ3v) is 3.46. The largest absolute Gasteiger partial charge is 0.350 e. The molecule has 5 nitrogen and oxygen atoms in total. The lowest BCUT2D eigenvalue weighted by atomic mass is 9.80. The van der Waals surface area contributed by atoms with Crippen molar-refractivity contribution in [3.05, 3.63) is 11.9 Å². The number of nitrogens with zero attached hydrogens (tertiary/aromatic N) is 2. The average molecular weight is 222 g/mol. The summed E-state index contributed by atoms with van der Waals surface area (Å²) in [5.74, 6) is 1.20. The molecule has 88 valence electrons. The third kappa shape index (κ3) is 2.59. The second-order valence-electron chi connectivity index (χ2n) is 4.59. The minimum absolute atomic E-state index is 0.133. The Balaban J connectivity index is 1.80. The fraction of sp³-hybridized carbons (Fsp3) is 0.727. The van der Waals surface area contributed by atoms with Crippen LogP contribution in [0.3, 0.4) is 0 Å². The molecule has 2 atom stereocenters. The molecule has 1 heterocycles. The Morgan fingerprint density at radius 1 is 1.56 bits per heavy atom. The summed E-state index contributed by atoms with van der Waals surface area (Å²) in [5, 5.41) is 12.7. The molecule has 0 aliphatic heterocycles. The quantitative estimate of drug-likeness (QED) is 0.811. The second kappa shape index (κ2) is 5.09. The van der Waals surface area contributed by atoms with Crippen molar-refractivity contribution in [1.29, 1.82) is 0 Å². The van der Waals surface area contributed by atoms with Gasteiger partial charge in [0.1, 0.15) is 0 Å². The van der Waals surface area contributed by atoms with Gasteiger partial charge in [-0.15, -0.1) is 0 Å². The highest BCUT2D eigenvalue weighted by atomic mass is 16.1. The zero-order chi connectivity index (χ0) is 11.4. The van der Waals surface area contributed by atoms with Crippen molar-refractivity contribution in [3.63, 3.8) is 0 Å². The van der Waals surface area contributed by atoms with Crippen molar-refractivity contribution >= 4 is 5.91 Å². The van der Waals surface area contributed by atoms with E-state index in [0.717, 1.165) is 6.54 Å². The molecule has 1 aromatic heterocycles. The maximum absolute atomic E-state index is 11.6. The van der Waals surface area contributed by atoms with Gasteiger partial charge >= 0.3 is 0 Å². The summed E-state index contributed by atoms with van der Waals surface area (Å²) in [6.45, 7) is 3.03. The Labute approximate surface area is 95.0 Å². The van der Waals surface area contributed by atoms with Crippen LogP contribution >= 0.6 is 0 Å². The minimum Gasteiger partial charge on any atom is -0.350 e. The Morgan fingerprint density at radius 3 is 3.06 bits per heavy atom. The molecule has 2 N–H and O–H groups in total. The number of carbonyl (C=O) groups is 1. The summed E-state index contributed by atoms with van der Waals surface area (Å²) in [6, 6.07) is 0. The molecular formula is C11H18N4O. The lowest BCUT2D eigenvalue weighted by molar-refractivity contribution is 0.0931. The summed E-state index contributed by atoms with van der Waals surface area (Å²) < 4.78 is 0. The minimum atomic E-state index is -0.133. The fourth-order valence-corrected chi connectivity index (χ4v) is 2.32. The van der Waals surface area contributed by atoms with E-state index >= 15 is 0 Å². The van der Waals surface area contributed by atoms with E-state index in [1.54, 1.807) is 0 Å². The molecule has 2 rings (SSSR count). The van der Waals surface area contributed by atoms with Gasteiger partial charge < -0.3 is 5.32 Å². The topological polar surface area (TPSA) is 70.7 Å². The van der Waals surface area contributed by atoms with Crippen LogP contribution in [0.2, 0.25) is 0 Å². The van der Waals surface area contributed by atoms with Gasteiger partial charge in [-0.25, -0.2) is 0 Å². The standard InChI is InChI=1S/C11H18N4O/c1-8-4-2-3-5-9(8)6-12-11(16)10-7-13-15-14-10/h7-9H,2-6H2,1H3,(H,12,16)(H,13,14,15). The highest BCUT2D eigenvalue weighted by Crippen LogP contribution is 2.28. The number of aromatic nitrogens is 3. The van der Waals surface area contributed by atoms with Crippen molar-refractivity contribution < 1.29 is 4.79 Å². The number of carbonyl (C=O) groups excluding carboxylic acids is 1. The van der Waals surface area contributed by atoms with Crippen LogP contribution in [0.1, 0.15) is 43.1 Å². The SMILES string of the molecule is CC1CCCCC1CNC(=O)c1cn[nH]n1. The highest BCUT2D eigenvalue weighted by Gasteiger charge is 2.22. The van der Waals surface area contributed by atoms with Crippen LogP contribution in [-0.2, 0) is 0 Å². The Bertz CT molecular complexity index is 336. The van der Waals surface area contributed by atoms with Crippen LogP contribution in [-0.4, -0.2) is 27.9 Å². The molecule has 5 heteroatoms. The summed E-state index contributed by atoms with van der Waals surface area (Å²) in [7, 11) is 0. The normalized spacial score (nSPS) is 25.3. The van der Waals surface area contributed by atoms with Crippen LogP contribution in [0.15, 0.2) is 6.20 Å². The van der Waals surface area contributed by atoms with E-state index in [9.17, 15) is 4.79 Å². The number of hydrogen-bond acceptors (Lipinski definition) is 3. The van der Waals surface area contributed by atoms with E-state index in [2.05, 4.69) is 27.7 Å². The molecule has 1 aliphatic carbocycles. The van der Waals surface area contributed by atoms with Gasteiger partial charge in [-0.3, -0.25) is 4.79 Å². The van der Waals surface area contributed by atoms with Gasteiger partial charge in [0.25, 0.3) is 5.91 Å². The van der Waals surface area contributed by atoms with E-state index in [4.69, 9.17) is 0 Å². The maximum Gasteiger partial charge on any atom is 0.273 e. The van der Waals surface area contributed by atoms with Crippen LogP contribution in [0, 0.1) is 11.8 Å². The van der Waals surface area contributed by atoms with Crippen LogP contribution in [0.25, 0.3) is 0 Å². The van der Waals surface area contributed by atoms with E-state index in [1.807, 2.05) is 0 Å². The van der Waals surface area contributed by atoms with Gasteiger partial charge in [0.2, 0.25) is 0 Å². The molecule has 2 unspecified atom stereocenters. The van der Waals surface area contributed by atoms with Gasteiger partial charge in [-0.2, -0.15) is 15.4 Å². The first-order valence-electron chi connectivity index (χ1n) is 5.91. The van der Waals surface area contributed by atoms with Crippen molar-refractivity contribution in [2.24, 2.45) is 11.8 Å². The molecule has 1 saturated carbocycles. The van der Waals surface area contributed by atoms with Crippen molar-refractivity contribution in [3.8, 4) is 0 Å². The maximum atomic E-state index is 11.6. The van der Waals surface area contributed by atoms with Gasteiger partial charge in [-0.05, 0) is 18.3 Å². The number of amides is 1. The van der Waals surface area contributed by atoms with Crippen molar-refractivity contribution in [1.82, 2.24) is 20.7 Å². The van der Waals surface area contributed by atoms with Crippen molar-refractivity contribution in [2.75, 3.05) is 6.54 Å². The molecule has 0 radical (unpaired) electrons. The van der Waals surface area contributed by atoms with Crippen LogP contribution < -0.4 is 5.32 Å². The van der Waals surface area contributed by atoms with Gasteiger partial charge in [0.15, 0.2) is 5.69 Å². The molecule has 1 aliphatic rings. The molecule has 1 aromatic rings. The smallest absolute Gasteiger partial charge is 0.273 e. The summed E-state index contributed by atoms with van der Waals surface area (Å²) in [5.41, 5.74) is 0.364. The summed E-state index contributed by atoms with van der Waals surface area (Å²) >= 11 is 0. The molecule has 0 aromatic carbocycles. The zero-order valence-electron chi connectivity index (χ0n) is 9.57. The van der Waals surface area contributed by atoms with E-state index in [0.29, 0.717) is 17.5 Å². The molecule has 16 heavy (non-hydrogen) atoms. The second-order valence-corrected chi connectivity index (χ2v) is 4.59. The molecule has 0 bridgehead atoms. The predicted molar refractivity (Wildman–Crippen MR) is 59.8 cm³/mol. The van der Waals surface area contributed by atoms with Gasteiger partial charge in [0, 0.05) is 6.54 Å². The Hall–Kier alpha value is -1.39. The number of rotatable bonds is 3. The predicted octanol–water partition coefficient (Wildman–Crippen LogP) is 1.36. The first kappa shape index (κ1) is 11.1. The number of H-pyrrole nitrogens is 1. The number of nitrogens with one attached hydrogen (secondary N) is 2. The number of aromatic amines is 1. The molecular weight excluding hydrogens is 204 g/mol. The molecule has 1 fully saturated rings. The van der Waals surface area contributed by atoms with E-state index in [-0.39, 0.29) is 5.91 Å². The summed E-state index contributed by atoms with van der Waals surface area (Å²) in [6.07, 6.45) is 6.56. The number of hydrogen-bond donors (Lipinski definition) is 2. The van der Waals surface area contributed by atoms with Gasteiger partial charge in [-0.1, -0.05) is 26.2 Å². The lowest BCUT2D eigenvalue weighted by Crippen LogP contribution is -2.33. The third-order valence-electron chi connectivity index (χ3n) is 3.46. The lowest BCUT2D eigenvalue weighted by Gasteiger charge is -2.28. The zero-order valence-corrected chi connectivity index (χ0v) is 9.57. The highest BCUT2D eigenvalue weighted by molar-refractivity contribution is 5.91. The average Bonchev–Trinajstić information content (AvgIpc) is 2.81. The Kier molecular flexibility index (Phi) is 3.54. The van der Waals surface area contributed by atoms with E-state index in [1.165, 1.54) is 31.9 Å². The first-order valence-corrected chi connectivity index (χ1v) is 5.91. The molecule has 1 amide bonds. The summed E-state index contributed by atoms with van der Waals surface area (Å²) in [4.78, 5) is 11.6.